The van der Waals surface area contributed by atoms with Crippen molar-refractivity contribution in [1.29, 1.82) is 0 Å². The predicted octanol–water partition coefficient (Wildman–Crippen LogP) is 1.37. The Labute approximate surface area is 102 Å². The molecule has 0 fully saturated rings. The molecule has 2 rings (SSSR count). The summed E-state index contributed by atoms with van der Waals surface area (Å²) >= 11 is 1.22. The smallest absolute Gasteiger partial charge is 0.251 e. The van der Waals surface area contributed by atoms with E-state index in [4.69, 9.17) is 0 Å². The van der Waals surface area contributed by atoms with Gasteiger partial charge < -0.3 is 10.1 Å². The number of hydrogen-bond donors (Lipinski definition) is 2. The van der Waals surface area contributed by atoms with Crippen LogP contribution in [-0.4, -0.2) is 20.1 Å². The Morgan fingerprint density at radius 3 is 2.88 bits per heavy atom. The van der Waals surface area contributed by atoms with Gasteiger partial charge in [-0.2, -0.15) is 0 Å². The molecule has 6 heteroatoms. The van der Waals surface area contributed by atoms with E-state index in [0.29, 0.717) is 15.7 Å². The zero-order chi connectivity index (χ0) is 12.3. The monoisotopic (exact) mass is 249 g/mol. The second kappa shape index (κ2) is 5.11. The Hall–Kier alpha value is -1.66. The van der Waals surface area contributed by atoms with Gasteiger partial charge in [0.05, 0.1) is 6.10 Å². The first-order valence-corrected chi connectivity index (χ1v) is 5.84. The lowest BCUT2D eigenvalue weighted by Gasteiger charge is -2.09. The molecule has 0 aliphatic carbocycles. The summed E-state index contributed by atoms with van der Waals surface area (Å²) in [6, 6.07) is 4.90. The lowest BCUT2D eigenvalue weighted by atomic mass is 10.2. The molecule has 0 saturated carbocycles. The van der Waals surface area contributed by atoms with Crippen molar-refractivity contribution in [3.05, 3.63) is 46.5 Å². The van der Waals surface area contributed by atoms with E-state index in [1.165, 1.54) is 24.0 Å². The standard InChI is InChI=1S/C11H11N3O2S/c1-7(15)8-3-2-5-12-10(8)17-11-13-6-4-9(16)14-11/h2-7,15H,1H3,(H,13,14,16)/t7-/m1/s1. The van der Waals surface area contributed by atoms with Crippen molar-refractivity contribution in [1.82, 2.24) is 15.0 Å². The van der Waals surface area contributed by atoms with Crippen molar-refractivity contribution in [3.63, 3.8) is 0 Å². The molecule has 2 aromatic heterocycles. The van der Waals surface area contributed by atoms with Gasteiger partial charge in [-0.3, -0.25) is 4.79 Å². The van der Waals surface area contributed by atoms with Crippen molar-refractivity contribution in [3.8, 4) is 0 Å². The molecule has 17 heavy (non-hydrogen) atoms. The van der Waals surface area contributed by atoms with Gasteiger partial charge in [0.25, 0.3) is 5.56 Å². The van der Waals surface area contributed by atoms with E-state index < -0.39 is 6.10 Å². The Morgan fingerprint density at radius 1 is 1.35 bits per heavy atom. The summed E-state index contributed by atoms with van der Waals surface area (Å²) in [5, 5.41) is 10.7. The molecule has 0 aliphatic heterocycles. The van der Waals surface area contributed by atoms with Gasteiger partial charge in [-0.25, -0.2) is 9.97 Å². The third kappa shape index (κ3) is 2.92. The van der Waals surface area contributed by atoms with Crippen LogP contribution in [0.25, 0.3) is 0 Å². The summed E-state index contributed by atoms with van der Waals surface area (Å²) in [4.78, 5) is 21.9. The second-order valence-electron chi connectivity index (χ2n) is 3.42. The van der Waals surface area contributed by atoms with Crippen LogP contribution in [0.5, 0.6) is 0 Å². The number of nitrogens with zero attached hydrogens (tertiary/aromatic N) is 2. The molecule has 2 heterocycles. The van der Waals surface area contributed by atoms with Crippen LogP contribution in [0.4, 0.5) is 0 Å². The normalized spacial score (nSPS) is 12.4. The van der Waals surface area contributed by atoms with Crippen molar-refractivity contribution in [2.24, 2.45) is 0 Å². The van der Waals surface area contributed by atoms with E-state index in [9.17, 15) is 9.90 Å². The van der Waals surface area contributed by atoms with Crippen molar-refractivity contribution in [2.75, 3.05) is 0 Å². The van der Waals surface area contributed by atoms with Crippen molar-refractivity contribution >= 4 is 11.8 Å². The van der Waals surface area contributed by atoms with Gasteiger partial charge in [0.2, 0.25) is 0 Å². The first-order chi connectivity index (χ1) is 8.16. The predicted molar refractivity (Wildman–Crippen MR) is 63.9 cm³/mol. The number of pyridine rings is 1. The van der Waals surface area contributed by atoms with Gasteiger partial charge >= 0.3 is 0 Å². The highest BCUT2D eigenvalue weighted by atomic mass is 32.2. The second-order valence-corrected chi connectivity index (χ2v) is 4.39. The molecule has 0 spiro atoms. The largest absolute Gasteiger partial charge is 0.389 e. The van der Waals surface area contributed by atoms with Crippen LogP contribution in [0.3, 0.4) is 0 Å². The summed E-state index contributed by atoms with van der Waals surface area (Å²) in [5.41, 5.74) is 0.501. The molecule has 0 bridgehead atoms. The van der Waals surface area contributed by atoms with E-state index in [0.717, 1.165) is 0 Å². The number of nitrogens with one attached hydrogen (secondary N) is 1. The first-order valence-electron chi connectivity index (χ1n) is 5.03. The Bertz CT molecular complexity index is 568. The maximum atomic E-state index is 11.1. The van der Waals surface area contributed by atoms with Crippen LogP contribution < -0.4 is 5.56 Å². The maximum Gasteiger partial charge on any atom is 0.251 e. The summed E-state index contributed by atoms with van der Waals surface area (Å²) in [7, 11) is 0. The van der Waals surface area contributed by atoms with E-state index in [1.54, 1.807) is 25.3 Å². The summed E-state index contributed by atoms with van der Waals surface area (Å²) < 4.78 is 0. The Morgan fingerprint density at radius 2 is 2.18 bits per heavy atom. The van der Waals surface area contributed by atoms with Gasteiger partial charge in [-0.05, 0) is 24.8 Å². The van der Waals surface area contributed by atoms with E-state index in [-0.39, 0.29) is 5.56 Å². The molecule has 0 aliphatic rings. The molecule has 0 unspecified atom stereocenters. The zero-order valence-corrected chi connectivity index (χ0v) is 9.94. The fraction of sp³-hybridized carbons (Fsp3) is 0.182. The third-order valence-corrected chi connectivity index (χ3v) is 3.03. The Kier molecular flexibility index (Phi) is 3.55. The molecular weight excluding hydrogens is 238 g/mol. The van der Waals surface area contributed by atoms with Crippen LogP contribution in [0.2, 0.25) is 0 Å². The molecule has 88 valence electrons. The van der Waals surface area contributed by atoms with Gasteiger partial charge in [-0.15, -0.1) is 0 Å². The number of H-pyrrole nitrogens is 1. The number of aromatic nitrogens is 3. The number of hydrogen-bond acceptors (Lipinski definition) is 5. The minimum absolute atomic E-state index is 0.211. The minimum Gasteiger partial charge on any atom is -0.389 e. The van der Waals surface area contributed by atoms with Crippen LogP contribution in [0.15, 0.2) is 45.6 Å². The van der Waals surface area contributed by atoms with Gasteiger partial charge in [0.15, 0.2) is 5.16 Å². The lowest BCUT2D eigenvalue weighted by Crippen LogP contribution is -2.05. The highest BCUT2D eigenvalue weighted by Crippen LogP contribution is 2.28. The number of aromatic amines is 1. The molecule has 1 atom stereocenters. The van der Waals surface area contributed by atoms with Gasteiger partial charge in [0.1, 0.15) is 5.03 Å². The van der Waals surface area contributed by atoms with Crippen LogP contribution in [0.1, 0.15) is 18.6 Å². The molecule has 0 amide bonds. The number of rotatable bonds is 3. The van der Waals surface area contributed by atoms with Crippen LogP contribution in [0, 0.1) is 0 Å². The fourth-order valence-corrected chi connectivity index (χ4v) is 2.22. The molecule has 5 nitrogen and oxygen atoms in total. The third-order valence-electron chi connectivity index (χ3n) is 2.09. The lowest BCUT2D eigenvalue weighted by molar-refractivity contribution is 0.195. The summed E-state index contributed by atoms with van der Waals surface area (Å²) in [6.45, 7) is 1.67. The molecule has 2 N–H and O–H groups in total. The molecule has 0 aromatic carbocycles. The topological polar surface area (TPSA) is 78.9 Å². The minimum atomic E-state index is -0.610. The van der Waals surface area contributed by atoms with Crippen molar-refractivity contribution in [2.45, 2.75) is 23.2 Å². The van der Waals surface area contributed by atoms with Crippen molar-refractivity contribution < 1.29 is 5.11 Å². The Balaban J connectivity index is 2.33. The quantitative estimate of drug-likeness (QED) is 0.803. The first kappa shape index (κ1) is 11.8. The SMILES string of the molecule is C[C@@H](O)c1cccnc1Sc1nccc(=O)[nH]1. The van der Waals surface area contributed by atoms with Crippen LogP contribution >= 0.6 is 11.8 Å². The van der Waals surface area contributed by atoms with Gasteiger partial charge in [-0.1, -0.05) is 6.07 Å². The zero-order valence-electron chi connectivity index (χ0n) is 9.12. The average molecular weight is 249 g/mol. The maximum absolute atomic E-state index is 11.1. The molecule has 0 radical (unpaired) electrons. The molecule has 2 aromatic rings. The number of aliphatic hydroxyl groups excluding tert-OH is 1. The summed E-state index contributed by atoms with van der Waals surface area (Å²) in [6.07, 6.45) is 2.46. The molecule has 0 saturated heterocycles. The van der Waals surface area contributed by atoms with E-state index >= 15 is 0 Å². The van der Waals surface area contributed by atoms with E-state index in [1.807, 2.05) is 0 Å². The van der Waals surface area contributed by atoms with E-state index in [2.05, 4.69) is 15.0 Å². The highest BCUT2D eigenvalue weighted by Gasteiger charge is 2.10. The summed E-state index contributed by atoms with van der Waals surface area (Å²) in [5.74, 6) is 0. The van der Waals surface area contributed by atoms with Crippen LogP contribution in [-0.2, 0) is 0 Å². The fourth-order valence-electron chi connectivity index (χ4n) is 1.30. The molecular formula is C11H11N3O2S. The highest BCUT2D eigenvalue weighted by molar-refractivity contribution is 7.99. The number of aliphatic hydroxyl groups is 1. The average Bonchev–Trinajstić information content (AvgIpc) is 2.29. The van der Waals surface area contributed by atoms with Gasteiger partial charge in [0, 0.05) is 24.0 Å².